The average molecular weight is 366 g/mol. The number of carbonyl (C=O) groups excluding carboxylic acids is 4. The van der Waals surface area contributed by atoms with E-state index in [0.717, 1.165) is 6.42 Å². The van der Waals surface area contributed by atoms with Crippen molar-refractivity contribution in [2.45, 2.75) is 40.0 Å². The summed E-state index contributed by atoms with van der Waals surface area (Å²) in [5.74, 6) is -1.09. The van der Waals surface area contributed by atoms with Crippen molar-refractivity contribution in [2.75, 3.05) is 11.5 Å². The lowest BCUT2D eigenvalue weighted by atomic mass is 10.1. The summed E-state index contributed by atoms with van der Waals surface area (Å²) in [6, 6.07) is 0. The second kappa shape index (κ2) is 13.1. The lowest BCUT2D eigenvalue weighted by Crippen LogP contribution is -2.33. The van der Waals surface area contributed by atoms with Gasteiger partial charge in [0.25, 0.3) is 11.8 Å². The van der Waals surface area contributed by atoms with E-state index in [-0.39, 0.29) is 24.2 Å². The number of amides is 2. The summed E-state index contributed by atoms with van der Waals surface area (Å²) in [6.45, 7) is 4.36. The number of hydroxylamine groups is 2. The highest BCUT2D eigenvalue weighted by atomic mass is 33.1. The van der Waals surface area contributed by atoms with Crippen LogP contribution in [0.2, 0.25) is 0 Å². The zero-order valence-corrected chi connectivity index (χ0v) is 15.0. The number of hydrogen-bond donors (Lipinski definition) is 2. The molecule has 0 aromatic rings. The summed E-state index contributed by atoms with van der Waals surface area (Å²) in [5.41, 5.74) is 4.15. The zero-order chi connectivity index (χ0) is 17.7. The Morgan fingerprint density at radius 3 is 2.17 bits per heavy atom. The topological polar surface area (TPSA) is 111 Å². The molecule has 1 atom stereocenters. The lowest BCUT2D eigenvalue weighted by Gasteiger charge is -2.14. The van der Waals surface area contributed by atoms with Crippen molar-refractivity contribution in [1.82, 2.24) is 11.0 Å². The minimum atomic E-state index is -0.582. The first-order valence-corrected chi connectivity index (χ1v) is 9.53. The lowest BCUT2D eigenvalue weighted by molar-refractivity contribution is -0.157. The van der Waals surface area contributed by atoms with Crippen molar-refractivity contribution in [3.8, 4) is 0 Å². The second-order valence-electron chi connectivity index (χ2n) is 4.52. The summed E-state index contributed by atoms with van der Waals surface area (Å²) < 4.78 is 0. The van der Waals surface area contributed by atoms with Crippen LogP contribution in [0.4, 0.5) is 0 Å². The fraction of sp³-hybridized carbons (Fsp3) is 0.692. The molecule has 2 amide bonds. The molecule has 8 nitrogen and oxygen atoms in total. The Morgan fingerprint density at radius 2 is 1.61 bits per heavy atom. The Morgan fingerprint density at radius 1 is 1.00 bits per heavy atom. The zero-order valence-electron chi connectivity index (χ0n) is 13.4. The van der Waals surface area contributed by atoms with Gasteiger partial charge in [0.1, 0.15) is 0 Å². The van der Waals surface area contributed by atoms with Gasteiger partial charge in [-0.15, -0.1) is 0 Å². The Kier molecular flexibility index (Phi) is 12.3. The molecule has 10 heteroatoms. The molecule has 0 aromatic heterocycles. The maximum atomic E-state index is 11.8. The fourth-order valence-corrected chi connectivity index (χ4v) is 3.70. The third-order valence-corrected chi connectivity index (χ3v) is 4.86. The molecule has 1 unspecified atom stereocenters. The fourth-order valence-electron chi connectivity index (χ4n) is 1.35. The Labute approximate surface area is 143 Å². The van der Waals surface area contributed by atoms with Crippen molar-refractivity contribution >= 4 is 45.3 Å². The highest BCUT2D eigenvalue weighted by Gasteiger charge is 2.18. The average Bonchev–Trinajstić information content (AvgIpc) is 2.49. The Balaban J connectivity index is 3.91. The first-order valence-electron chi connectivity index (χ1n) is 7.04. The van der Waals surface area contributed by atoms with Crippen LogP contribution >= 0.6 is 21.6 Å². The van der Waals surface area contributed by atoms with Gasteiger partial charge >= 0.3 is 11.9 Å². The van der Waals surface area contributed by atoms with Gasteiger partial charge in [-0.05, 0) is 6.42 Å². The minimum Gasteiger partial charge on any atom is -0.341 e. The smallest absolute Gasteiger partial charge is 0.329 e. The van der Waals surface area contributed by atoms with Crippen LogP contribution < -0.4 is 11.0 Å². The van der Waals surface area contributed by atoms with E-state index >= 15 is 0 Å². The highest BCUT2D eigenvalue weighted by molar-refractivity contribution is 8.76. The van der Waals surface area contributed by atoms with E-state index in [1.165, 1.54) is 35.4 Å². The highest BCUT2D eigenvalue weighted by Crippen LogP contribution is 2.26. The third kappa shape index (κ3) is 12.8. The molecule has 0 heterocycles. The molecule has 0 saturated heterocycles. The molecule has 0 fully saturated rings. The predicted octanol–water partition coefficient (Wildman–Crippen LogP) is 1.36. The van der Waals surface area contributed by atoms with Crippen LogP contribution in [0.5, 0.6) is 0 Å². The van der Waals surface area contributed by atoms with E-state index in [0.29, 0.717) is 17.9 Å². The van der Waals surface area contributed by atoms with Crippen molar-refractivity contribution in [2.24, 2.45) is 5.92 Å². The molecule has 0 bridgehead atoms. The third-order valence-electron chi connectivity index (χ3n) is 2.38. The molecular weight excluding hydrogens is 344 g/mol. The van der Waals surface area contributed by atoms with Crippen molar-refractivity contribution < 1.29 is 28.9 Å². The van der Waals surface area contributed by atoms with Crippen LogP contribution in [0, 0.1) is 5.92 Å². The molecule has 0 spiro atoms. The van der Waals surface area contributed by atoms with Crippen LogP contribution in [-0.4, -0.2) is 35.3 Å². The van der Waals surface area contributed by atoms with E-state index in [2.05, 4.69) is 15.2 Å². The van der Waals surface area contributed by atoms with Crippen LogP contribution in [0.1, 0.15) is 40.0 Å². The van der Waals surface area contributed by atoms with Gasteiger partial charge in [0.2, 0.25) is 0 Å². The molecule has 0 aliphatic carbocycles. The van der Waals surface area contributed by atoms with Crippen LogP contribution in [-0.2, 0) is 28.9 Å². The van der Waals surface area contributed by atoms with Gasteiger partial charge < -0.3 is 9.68 Å². The van der Waals surface area contributed by atoms with Gasteiger partial charge in [0.05, 0.1) is 5.92 Å². The van der Waals surface area contributed by atoms with E-state index in [1.807, 2.05) is 12.4 Å². The summed E-state index contributed by atoms with van der Waals surface area (Å²) in [7, 11) is 2.90. The van der Waals surface area contributed by atoms with Gasteiger partial charge in [-0.25, -0.2) is 0 Å². The summed E-state index contributed by atoms with van der Waals surface area (Å²) in [4.78, 5) is 53.1. The second-order valence-corrected chi connectivity index (χ2v) is 7.15. The van der Waals surface area contributed by atoms with Crippen LogP contribution in [0.25, 0.3) is 0 Å². The molecule has 0 aliphatic heterocycles. The first-order chi connectivity index (χ1) is 10.9. The Hall–Kier alpha value is -1.42. The van der Waals surface area contributed by atoms with Crippen LogP contribution in [0.3, 0.4) is 0 Å². The quantitative estimate of drug-likeness (QED) is 0.357. The number of nitrogens with one attached hydrogen (secondary N) is 2. The van der Waals surface area contributed by atoms with Crippen LogP contribution in [0.15, 0.2) is 0 Å². The van der Waals surface area contributed by atoms with E-state index in [9.17, 15) is 19.2 Å². The summed E-state index contributed by atoms with van der Waals surface area (Å²) in [6.07, 6.45) is 1.70. The Bertz CT molecular complexity index is 419. The minimum absolute atomic E-state index is 0.197. The molecular formula is C13H22N2O6S2. The standard InChI is InChI=1S/C13H22N2O6S2/c1-4-5-11(13(19)15-21-10(3)17)8-23-22-7-6-12(18)14-20-9(2)16/h11H,4-8H2,1-3H3,(H,14,18)(H,15,19). The number of hydrogen-bond acceptors (Lipinski definition) is 8. The van der Waals surface area contributed by atoms with Gasteiger partial charge in [-0.1, -0.05) is 34.9 Å². The van der Waals surface area contributed by atoms with Gasteiger partial charge in [0.15, 0.2) is 0 Å². The predicted molar refractivity (Wildman–Crippen MR) is 87.7 cm³/mol. The van der Waals surface area contributed by atoms with E-state index in [4.69, 9.17) is 0 Å². The summed E-state index contributed by atoms with van der Waals surface area (Å²) >= 11 is 0. The largest absolute Gasteiger partial charge is 0.341 e. The monoisotopic (exact) mass is 366 g/mol. The molecule has 0 radical (unpaired) electrons. The van der Waals surface area contributed by atoms with Gasteiger partial charge in [-0.2, -0.15) is 11.0 Å². The summed E-state index contributed by atoms with van der Waals surface area (Å²) in [5, 5.41) is 0. The van der Waals surface area contributed by atoms with Crippen molar-refractivity contribution in [1.29, 1.82) is 0 Å². The molecule has 0 saturated carbocycles. The molecule has 0 rings (SSSR count). The molecule has 0 aliphatic rings. The SMILES string of the molecule is CCCC(CSSCCC(=O)NOC(C)=O)C(=O)NOC(C)=O. The number of carbonyl (C=O) groups is 4. The molecule has 23 heavy (non-hydrogen) atoms. The molecule has 132 valence electrons. The maximum Gasteiger partial charge on any atom is 0.329 e. The van der Waals surface area contributed by atoms with Crippen molar-refractivity contribution in [3.63, 3.8) is 0 Å². The number of rotatable bonds is 9. The first kappa shape index (κ1) is 21.6. The maximum absolute atomic E-state index is 11.8. The van der Waals surface area contributed by atoms with E-state index in [1.54, 1.807) is 0 Å². The molecule has 2 N–H and O–H groups in total. The van der Waals surface area contributed by atoms with Gasteiger partial charge in [-0.3, -0.25) is 19.2 Å². The molecule has 0 aromatic carbocycles. The van der Waals surface area contributed by atoms with E-state index < -0.39 is 11.9 Å². The normalized spacial score (nSPS) is 11.3. The van der Waals surface area contributed by atoms with Crippen molar-refractivity contribution in [3.05, 3.63) is 0 Å². The van der Waals surface area contributed by atoms with Gasteiger partial charge in [0, 0.05) is 31.8 Å².